The van der Waals surface area contributed by atoms with Crippen LogP contribution in [0.2, 0.25) is 0 Å². The Balaban J connectivity index is 2.09. The molecule has 1 aliphatic rings. The average Bonchev–Trinajstić information content (AvgIpc) is 2.39. The third kappa shape index (κ3) is 2.67. The van der Waals surface area contributed by atoms with Crippen LogP contribution in [0.5, 0.6) is 0 Å². The van der Waals surface area contributed by atoms with Crippen LogP contribution in [-0.4, -0.2) is 36.5 Å². The lowest BCUT2D eigenvalue weighted by Crippen LogP contribution is -2.53. The molecular formula is C14H20N2O. The van der Waals surface area contributed by atoms with E-state index in [0.717, 1.165) is 25.2 Å². The van der Waals surface area contributed by atoms with E-state index >= 15 is 0 Å². The van der Waals surface area contributed by atoms with Crippen molar-refractivity contribution in [1.29, 1.82) is 0 Å². The topological polar surface area (TPSA) is 32.3 Å². The van der Waals surface area contributed by atoms with Gasteiger partial charge in [-0.3, -0.25) is 4.79 Å². The van der Waals surface area contributed by atoms with Gasteiger partial charge in [0.15, 0.2) is 0 Å². The Hall–Kier alpha value is -1.35. The summed E-state index contributed by atoms with van der Waals surface area (Å²) in [5.74, 6) is 0.196. The molecule has 1 saturated heterocycles. The molecule has 17 heavy (non-hydrogen) atoms. The largest absolute Gasteiger partial charge is 0.337 e. The highest BCUT2D eigenvalue weighted by Crippen LogP contribution is 2.19. The fourth-order valence-corrected chi connectivity index (χ4v) is 2.30. The SMILES string of the molecule is CC(C(=O)N1CCNC[C@@H]1C)c1ccccc1. The van der Waals surface area contributed by atoms with Crippen molar-refractivity contribution in [2.24, 2.45) is 0 Å². The van der Waals surface area contributed by atoms with Crippen LogP contribution in [0, 0.1) is 0 Å². The molecule has 0 spiro atoms. The summed E-state index contributed by atoms with van der Waals surface area (Å²) in [7, 11) is 0. The van der Waals surface area contributed by atoms with Crippen molar-refractivity contribution in [2.45, 2.75) is 25.8 Å². The first kappa shape index (κ1) is 12.1. The first-order valence-corrected chi connectivity index (χ1v) is 6.26. The van der Waals surface area contributed by atoms with Crippen LogP contribution in [0.15, 0.2) is 30.3 Å². The van der Waals surface area contributed by atoms with Crippen molar-refractivity contribution in [1.82, 2.24) is 10.2 Å². The van der Waals surface area contributed by atoms with Crippen molar-refractivity contribution in [3.63, 3.8) is 0 Å². The molecule has 1 amide bonds. The molecule has 2 rings (SSSR count). The van der Waals surface area contributed by atoms with E-state index in [2.05, 4.69) is 12.2 Å². The van der Waals surface area contributed by atoms with Crippen LogP contribution in [-0.2, 0) is 4.79 Å². The molecule has 3 heteroatoms. The number of nitrogens with one attached hydrogen (secondary N) is 1. The molecule has 0 radical (unpaired) electrons. The number of hydrogen-bond acceptors (Lipinski definition) is 2. The second-order valence-electron chi connectivity index (χ2n) is 4.72. The molecule has 1 N–H and O–H groups in total. The molecule has 0 bridgehead atoms. The molecule has 1 heterocycles. The lowest BCUT2D eigenvalue weighted by molar-refractivity contribution is -0.135. The van der Waals surface area contributed by atoms with Gasteiger partial charge in [-0.2, -0.15) is 0 Å². The van der Waals surface area contributed by atoms with Gasteiger partial charge in [-0.1, -0.05) is 30.3 Å². The summed E-state index contributed by atoms with van der Waals surface area (Å²) in [6.45, 7) is 6.70. The Labute approximate surface area is 103 Å². The van der Waals surface area contributed by atoms with Gasteiger partial charge in [0.05, 0.1) is 5.92 Å². The normalized spacial score (nSPS) is 22.2. The van der Waals surface area contributed by atoms with Gasteiger partial charge in [0.25, 0.3) is 0 Å². The van der Waals surface area contributed by atoms with Gasteiger partial charge in [-0.25, -0.2) is 0 Å². The molecule has 3 nitrogen and oxygen atoms in total. The molecule has 2 atom stereocenters. The minimum Gasteiger partial charge on any atom is -0.337 e. The Morgan fingerprint density at radius 2 is 2.12 bits per heavy atom. The zero-order valence-electron chi connectivity index (χ0n) is 10.5. The van der Waals surface area contributed by atoms with Gasteiger partial charge in [0.1, 0.15) is 0 Å². The van der Waals surface area contributed by atoms with Crippen molar-refractivity contribution in [3.8, 4) is 0 Å². The number of carbonyl (C=O) groups is 1. The van der Waals surface area contributed by atoms with Gasteiger partial charge >= 0.3 is 0 Å². The first-order chi connectivity index (χ1) is 8.20. The van der Waals surface area contributed by atoms with E-state index in [1.54, 1.807) is 0 Å². The third-order valence-corrected chi connectivity index (χ3v) is 3.45. The lowest BCUT2D eigenvalue weighted by atomic mass is 9.98. The summed E-state index contributed by atoms with van der Waals surface area (Å²) < 4.78 is 0. The Morgan fingerprint density at radius 1 is 1.41 bits per heavy atom. The van der Waals surface area contributed by atoms with E-state index in [1.807, 2.05) is 42.2 Å². The fraction of sp³-hybridized carbons (Fsp3) is 0.500. The minimum atomic E-state index is -0.0447. The molecule has 1 aromatic rings. The van der Waals surface area contributed by atoms with Crippen LogP contribution >= 0.6 is 0 Å². The molecule has 1 unspecified atom stereocenters. The van der Waals surface area contributed by atoms with E-state index in [1.165, 1.54) is 0 Å². The number of amides is 1. The van der Waals surface area contributed by atoms with Crippen LogP contribution in [0.25, 0.3) is 0 Å². The number of carbonyl (C=O) groups excluding carboxylic acids is 1. The smallest absolute Gasteiger partial charge is 0.230 e. The molecule has 0 saturated carbocycles. The summed E-state index contributed by atoms with van der Waals surface area (Å²) in [5.41, 5.74) is 1.10. The van der Waals surface area contributed by atoms with Crippen molar-refractivity contribution in [3.05, 3.63) is 35.9 Å². The summed E-state index contributed by atoms with van der Waals surface area (Å²) in [5, 5.41) is 3.30. The Bertz CT molecular complexity index is 377. The quantitative estimate of drug-likeness (QED) is 0.840. The second kappa shape index (κ2) is 5.32. The highest BCUT2D eigenvalue weighted by Gasteiger charge is 2.27. The Morgan fingerprint density at radius 3 is 2.76 bits per heavy atom. The number of rotatable bonds is 2. The maximum Gasteiger partial charge on any atom is 0.230 e. The third-order valence-electron chi connectivity index (χ3n) is 3.45. The van der Waals surface area contributed by atoms with E-state index in [4.69, 9.17) is 0 Å². The zero-order chi connectivity index (χ0) is 12.3. The molecule has 92 valence electrons. The van der Waals surface area contributed by atoms with Crippen LogP contribution in [0.1, 0.15) is 25.3 Å². The number of piperazine rings is 1. The van der Waals surface area contributed by atoms with E-state index < -0.39 is 0 Å². The maximum atomic E-state index is 12.4. The number of hydrogen-bond donors (Lipinski definition) is 1. The molecule has 0 aromatic heterocycles. The monoisotopic (exact) mass is 232 g/mol. The van der Waals surface area contributed by atoms with Gasteiger partial charge in [0.2, 0.25) is 5.91 Å². The van der Waals surface area contributed by atoms with E-state index in [9.17, 15) is 4.79 Å². The number of benzene rings is 1. The first-order valence-electron chi connectivity index (χ1n) is 6.26. The van der Waals surface area contributed by atoms with Crippen LogP contribution in [0.4, 0.5) is 0 Å². The lowest BCUT2D eigenvalue weighted by Gasteiger charge is -2.35. The summed E-state index contributed by atoms with van der Waals surface area (Å²) >= 11 is 0. The van der Waals surface area contributed by atoms with Crippen molar-refractivity contribution < 1.29 is 4.79 Å². The fourth-order valence-electron chi connectivity index (χ4n) is 2.30. The number of nitrogens with zero attached hydrogens (tertiary/aromatic N) is 1. The van der Waals surface area contributed by atoms with E-state index in [-0.39, 0.29) is 11.8 Å². The molecule has 1 aliphatic heterocycles. The molecule has 0 aliphatic carbocycles. The maximum absolute atomic E-state index is 12.4. The molecule has 1 fully saturated rings. The van der Waals surface area contributed by atoms with E-state index in [0.29, 0.717) is 6.04 Å². The average molecular weight is 232 g/mol. The summed E-state index contributed by atoms with van der Waals surface area (Å²) in [6, 6.07) is 10.3. The molecule has 1 aromatic carbocycles. The summed E-state index contributed by atoms with van der Waals surface area (Å²) in [4.78, 5) is 14.4. The highest BCUT2D eigenvalue weighted by atomic mass is 16.2. The van der Waals surface area contributed by atoms with Gasteiger partial charge in [-0.05, 0) is 19.4 Å². The van der Waals surface area contributed by atoms with Gasteiger partial charge in [-0.15, -0.1) is 0 Å². The van der Waals surface area contributed by atoms with Gasteiger partial charge in [0, 0.05) is 25.7 Å². The summed E-state index contributed by atoms with van der Waals surface area (Å²) in [6.07, 6.45) is 0. The molecular weight excluding hydrogens is 212 g/mol. The standard InChI is InChI=1S/C14H20N2O/c1-11-10-15-8-9-16(11)14(17)12(2)13-6-4-3-5-7-13/h3-7,11-12,15H,8-10H2,1-2H3/t11-,12?/m0/s1. The van der Waals surface area contributed by atoms with Crippen LogP contribution < -0.4 is 5.32 Å². The highest BCUT2D eigenvalue weighted by molar-refractivity contribution is 5.83. The van der Waals surface area contributed by atoms with Crippen LogP contribution in [0.3, 0.4) is 0 Å². The second-order valence-corrected chi connectivity index (χ2v) is 4.72. The van der Waals surface area contributed by atoms with Gasteiger partial charge < -0.3 is 10.2 Å². The predicted octanol–water partition coefficient (Wildman–Crippen LogP) is 1.61. The van der Waals surface area contributed by atoms with Crippen molar-refractivity contribution >= 4 is 5.91 Å². The minimum absolute atomic E-state index is 0.0447. The zero-order valence-corrected chi connectivity index (χ0v) is 10.5. The predicted molar refractivity (Wildman–Crippen MR) is 68.9 cm³/mol. The van der Waals surface area contributed by atoms with Crippen molar-refractivity contribution in [2.75, 3.05) is 19.6 Å². The Kier molecular flexibility index (Phi) is 3.79.